The number of sulfone groups is 1. The zero-order chi connectivity index (χ0) is 21.2. The normalized spacial score (nSPS) is 19.7. The third kappa shape index (κ3) is 5.15. The van der Waals surface area contributed by atoms with Crippen molar-refractivity contribution in [3.8, 4) is 0 Å². The van der Waals surface area contributed by atoms with E-state index in [9.17, 15) is 13.2 Å². The second kappa shape index (κ2) is 9.08. The van der Waals surface area contributed by atoms with E-state index in [1.807, 2.05) is 32.0 Å². The first kappa shape index (κ1) is 22.2. The highest BCUT2D eigenvalue weighted by Crippen LogP contribution is 2.30. The van der Waals surface area contributed by atoms with Crippen LogP contribution in [-0.2, 0) is 21.2 Å². The molecular formula is C21H31N3O3S2. The molecule has 160 valence electrons. The topological polar surface area (TPSA) is 72.3 Å². The molecule has 29 heavy (non-hydrogen) atoms. The number of aromatic nitrogens is 2. The first-order valence-corrected chi connectivity index (χ1v) is 13.0. The molecule has 2 aromatic rings. The van der Waals surface area contributed by atoms with E-state index >= 15 is 0 Å². The van der Waals surface area contributed by atoms with Gasteiger partial charge in [-0.15, -0.1) is 0 Å². The standard InChI is InChI=1S/C21H31N3O3S2/c1-5-23(17-11-13-29(26,27)14-17)20(25)16(4)28-21-22-18-8-6-7-9-19(18)24(21)12-10-15(2)3/h6-9,15-17H,5,10-14H2,1-4H3. The van der Waals surface area contributed by atoms with E-state index in [4.69, 9.17) is 4.98 Å². The quantitative estimate of drug-likeness (QED) is 0.590. The first-order chi connectivity index (χ1) is 13.7. The van der Waals surface area contributed by atoms with Crippen LogP contribution in [0, 0.1) is 5.92 Å². The van der Waals surface area contributed by atoms with E-state index in [2.05, 4.69) is 24.5 Å². The Morgan fingerprint density at radius 2 is 2.03 bits per heavy atom. The largest absolute Gasteiger partial charge is 0.338 e. The molecule has 8 heteroatoms. The molecule has 3 rings (SSSR count). The van der Waals surface area contributed by atoms with Gasteiger partial charge in [0, 0.05) is 19.1 Å². The van der Waals surface area contributed by atoms with Crippen LogP contribution in [0.25, 0.3) is 11.0 Å². The van der Waals surface area contributed by atoms with E-state index in [0.29, 0.717) is 18.9 Å². The number of aryl methyl sites for hydroxylation is 1. The van der Waals surface area contributed by atoms with Gasteiger partial charge in [0.05, 0.1) is 27.8 Å². The van der Waals surface area contributed by atoms with Crippen LogP contribution in [0.2, 0.25) is 0 Å². The van der Waals surface area contributed by atoms with Gasteiger partial charge in [-0.1, -0.05) is 37.7 Å². The third-order valence-corrected chi connectivity index (χ3v) is 8.28. The van der Waals surface area contributed by atoms with Gasteiger partial charge in [0.2, 0.25) is 5.91 Å². The third-order valence-electron chi connectivity index (χ3n) is 5.45. The van der Waals surface area contributed by atoms with Crippen molar-refractivity contribution >= 4 is 38.5 Å². The fraction of sp³-hybridized carbons (Fsp3) is 0.619. The van der Waals surface area contributed by atoms with Gasteiger partial charge in [0.25, 0.3) is 0 Å². The monoisotopic (exact) mass is 437 g/mol. The summed E-state index contributed by atoms with van der Waals surface area (Å²) in [6, 6.07) is 7.85. The molecule has 1 amide bonds. The van der Waals surface area contributed by atoms with Crippen molar-refractivity contribution in [1.29, 1.82) is 0 Å². The van der Waals surface area contributed by atoms with Crippen LogP contribution in [0.15, 0.2) is 29.4 Å². The Morgan fingerprint density at radius 3 is 2.66 bits per heavy atom. The summed E-state index contributed by atoms with van der Waals surface area (Å²) in [6.07, 6.45) is 1.57. The Balaban J connectivity index is 1.80. The lowest BCUT2D eigenvalue weighted by Gasteiger charge is -2.29. The highest BCUT2D eigenvalue weighted by atomic mass is 32.2. The van der Waals surface area contributed by atoms with E-state index in [-0.39, 0.29) is 28.7 Å². The number of rotatable bonds is 8. The Kier molecular flexibility index (Phi) is 6.94. The molecule has 0 aliphatic carbocycles. The summed E-state index contributed by atoms with van der Waals surface area (Å²) in [5.41, 5.74) is 2.03. The Hall–Kier alpha value is -1.54. The molecule has 1 aliphatic rings. The molecule has 0 saturated carbocycles. The summed E-state index contributed by atoms with van der Waals surface area (Å²) in [5, 5.41) is 0.524. The SMILES string of the molecule is CCN(C(=O)C(C)Sc1nc2ccccc2n1CCC(C)C)C1CCS(=O)(=O)C1. The Labute approximate surface area is 178 Å². The van der Waals surface area contributed by atoms with Gasteiger partial charge >= 0.3 is 0 Å². The van der Waals surface area contributed by atoms with Crippen molar-refractivity contribution in [2.24, 2.45) is 5.92 Å². The molecule has 0 bridgehead atoms. The number of thioether (sulfide) groups is 1. The number of imidazole rings is 1. The number of benzene rings is 1. The van der Waals surface area contributed by atoms with Crippen LogP contribution in [0.5, 0.6) is 0 Å². The van der Waals surface area contributed by atoms with E-state index in [1.54, 1.807) is 4.90 Å². The second-order valence-corrected chi connectivity index (χ2v) is 11.7. The summed E-state index contributed by atoms with van der Waals surface area (Å²) in [4.78, 5) is 19.7. The zero-order valence-electron chi connectivity index (χ0n) is 17.7. The molecule has 0 radical (unpaired) electrons. The zero-order valence-corrected chi connectivity index (χ0v) is 19.3. The van der Waals surface area contributed by atoms with Gasteiger partial charge in [0.1, 0.15) is 0 Å². The predicted octanol–water partition coefficient (Wildman–Crippen LogP) is 3.60. The van der Waals surface area contributed by atoms with E-state index in [1.165, 1.54) is 11.8 Å². The number of para-hydroxylation sites is 2. The highest BCUT2D eigenvalue weighted by Gasteiger charge is 2.35. The molecule has 0 spiro atoms. The van der Waals surface area contributed by atoms with Crippen LogP contribution in [0.4, 0.5) is 0 Å². The average molecular weight is 438 g/mol. The van der Waals surface area contributed by atoms with Crippen molar-refractivity contribution in [2.45, 2.75) is 63.5 Å². The molecule has 1 aliphatic heterocycles. The van der Waals surface area contributed by atoms with Crippen molar-refractivity contribution in [3.05, 3.63) is 24.3 Å². The maximum Gasteiger partial charge on any atom is 0.236 e. The summed E-state index contributed by atoms with van der Waals surface area (Å²) in [6.45, 7) is 9.59. The van der Waals surface area contributed by atoms with Crippen LogP contribution >= 0.6 is 11.8 Å². The number of carbonyl (C=O) groups is 1. The molecule has 1 fully saturated rings. The van der Waals surface area contributed by atoms with Crippen LogP contribution in [-0.4, -0.2) is 58.1 Å². The average Bonchev–Trinajstić information content (AvgIpc) is 3.19. The summed E-state index contributed by atoms with van der Waals surface area (Å²) >= 11 is 1.47. The molecule has 1 saturated heterocycles. The van der Waals surface area contributed by atoms with Crippen LogP contribution in [0.1, 0.15) is 40.5 Å². The fourth-order valence-corrected chi connectivity index (χ4v) is 6.56. The van der Waals surface area contributed by atoms with Gasteiger partial charge in [-0.25, -0.2) is 13.4 Å². The van der Waals surface area contributed by atoms with Crippen molar-refractivity contribution in [2.75, 3.05) is 18.1 Å². The lowest BCUT2D eigenvalue weighted by molar-refractivity contribution is -0.131. The molecule has 1 aromatic heterocycles. The maximum absolute atomic E-state index is 13.1. The first-order valence-electron chi connectivity index (χ1n) is 10.3. The number of carbonyl (C=O) groups excluding carboxylic acids is 1. The van der Waals surface area contributed by atoms with Gasteiger partial charge in [-0.05, 0) is 44.7 Å². The van der Waals surface area contributed by atoms with E-state index in [0.717, 1.165) is 29.2 Å². The summed E-state index contributed by atoms with van der Waals surface area (Å²) < 4.78 is 25.9. The van der Waals surface area contributed by atoms with Crippen LogP contribution in [0.3, 0.4) is 0 Å². The van der Waals surface area contributed by atoms with Gasteiger partial charge in [-0.2, -0.15) is 0 Å². The maximum atomic E-state index is 13.1. The number of hydrogen-bond acceptors (Lipinski definition) is 5. The highest BCUT2D eigenvalue weighted by molar-refractivity contribution is 8.00. The van der Waals surface area contributed by atoms with Gasteiger partial charge < -0.3 is 9.47 Å². The second-order valence-electron chi connectivity index (χ2n) is 8.16. The predicted molar refractivity (Wildman–Crippen MR) is 119 cm³/mol. The lowest BCUT2D eigenvalue weighted by atomic mass is 10.1. The Bertz CT molecular complexity index is 969. The molecular weight excluding hydrogens is 406 g/mol. The number of nitrogens with zero attached hydrogens (tertiary/aromatic N) is 3. The minimum atomic E-state index is -3.03. The molecule has 2 atom stereocenters. The number of hydrogen-bond donors (Lipinski definition) is 0. The van der Waals surface area contributed by atoms with Crippen molar-refractivity contribution in [3.63, 3.8) is 0 Å². The van der Waals surface area contributed by atoms with E-state index < -0.39 is 9.84 Å². The number of fused-ring (bicyclic) bond motifs is 1. The van der Waals surface area contributed by atoms with Gasteiger partial charge in [-0.3, -0.25) is 4.79 Å². The van der Waals surface area contributed by atoms with Gasteiger partial charge in [0.15, 0.2) is 15.0 Å². The Morgan fingerprint density at radius 1 is 1.31 bits per heavy atom. The fourth-order valence-electron chi connectivity index (χ4n) is 3.80. The summed E-state index contributed by atoms with van der Waals surface area (Å²) in [5.74, 6) is 0.820. The minimum Gasteiger partial charge on any atom is -0.338 e. The van der Waals surface area contributed by atoms with Crippen molar-refractivity contribution < 1.29 is 13.2 Å². The minimum absolute atomic E-state index is 0.0120. The summed E-state index contributed by atoms with van der Waals surface area (Å²) in [7, 11) is -3.03. The molecule has 2 heterocycles. The lowest BCUT2D eigenvalue weighted by Crippen LogP contribution is -2.44. The van der Waals surface area contributed by atoms with Crippen LogP contribution < -0.4 is 0 Å². The molecule has 1 aromatic carbocycles. The number of amides is 1. The smallest absolute Gasteiger partial charge is 0.236 e. The van der Waals surface area contributed by atoms with Crippen molar-refractivity contribution in [1.82, 2.24) is 14.5 Å². The molecule has 0 N–H and O–H groups in total. The molecule has 6 nitrogen and oxygen atoms in total. The molecule has 2 unspecified atom stereocenters.